The van der Waals surface area contributed by atoms with Gasteiger partial charge >= 0.3 is 5.97 Å². The number of benzene rings is 4. The van der Waals surface area contributed by atoms with Gasteiger partial charge < -0.3 is 29.0 Å². The Morgan fingerprint density at radius 1 is 0.756 bits per heavy atom. The van der Waals surface area contributed by atoms with Crippen molar-refractivity contribution in [1.82, 2.24) is 4.90 Å². The van der Waals surface area contributed by atoms with Gasteiger partial charge in [0.1, 0.15) is 17.1 Å². The van der Waals surface area contributed by atoms with E-state index in [1.807, 2.05) is 30.3 Å². The second kappa shape index (κ2) is 13.9. The number of phenolic OH excluding ortho intramolecular Hbond substituents is 1. The maximum absolute atomic E-state index is 13.7. The van der Waals surface area contributed by atoms with Crippen LogP contribution in [-0.2, 0) is 17.7 Å². The number of aromatic hydroxyl groups is 1. The van der Waals surface area contributed by atoms with Gasteiger partial charge in [-0.1, -0.05) is 54.6 Å². The van der Waals surface area contributed by atoms with Crippen LogP contribution in [0.2, 0.25) is 0 Å². The third-order valence-electron chi connectivity index (χ3n) is 6.57. The van der Waals surface area contributed by atoms with E-state index in [2.05, 4.69) is 12.1 Å². The van der Waals surface area contributed by atoms with Crippen LogP contribution < -0.4 is 14.2 Å². The molecule has 0 aliphatic heterocycles. The lowest BCUT2D eigenvalue weighted by Gasteiger charge is -2.24. The number of phenols is 1. The minimum Gasteiger partial charge on any atom is -0.502 e. The number of hydrogen-bond donors (Lipinski definition) is 1. The summed E-state index contributed by atoms with van der Waals surface area (Å²) < 4.78 is 21.3. The molecule has 0 aromatic heterocycles. The first-order chi connectivity index (χ1) is 19.9. The first kappa shape index (κ1) is 29.0. The number of nitrogens with zero attached hydrogens (tertiary/aromatic N) is 1. The molecule has 0 unspecified atom stereocenters. The molecule has 8 heteroatoms. The molecule has 0 saturated heterocycles. The number of carbonyl (C=O) groups excluding carboxylic acids is 2. The van der Waals surface area contributed by atoms with E-state index in [4.69, 9.17) is 18.9 Å². The van der Waals surface area contributed by atoms with Crippen LogP contribution in [0.25, 0.3) is 0 Å². The lowest BCUT2D eigenvalue weighted by Crippen LogP contribution is -2.32. The largest absolute Gasteiger partial charge is 0.502 e. The molecule has 8 nitrogen and oxygen atoms in total. The van der Waals surface area contributed by atoms with Crippen LogP contribution in [0.15, 0.2) is 91.0 Å². The molecule has 0 aliphatic rings. The number of carbonyl (C=O) groups is 2. The number of para-hydroxylation sites is 1. The highest BCUT2D eigenvalue weighted by atomic mass is 16.5. The molecular formula is C33H33NO7. The number of hydrogen-bond acceptors (Lipinski definition) is 7. The average Bonchev–Trinajstić information content (AvgIpc) is 3.01. The predicted octanol–water partition coefficient (Wildman–Crippen LogP) is 6.26. The molecule has 1 amide bonds. The number of amides is 1. The molecular weight excluding hydrogens is 522 g/mol. The predicted molar refractivity (Wildman–Crippen MR) is 155 cm³/mol. The Bertz CT molecular complexity index is 1440. The third kappa shape index (κ3) is 7.36. The zero-order chi connectivity index (χ0) is 29.2. The van der Waals surface area contributed by atoms with Crippen LogP contribution in [0.3, 0.4) is 0 Å². The Hall–Kier alpha value is -4.98. The van der Waals surface area contributed by atoms with Crippen molar-refractivity contribution in [1.29, 1.82) is 0 Å². The van der Waals surface area contributed by atoms with Crippen molar-refractivity contribution in [2.24, 2.45) is 0 Å². The fourth-order valence-electron chi connectivity index (χ4n) is 4.42. The van der Waals surface area contributed by atoms with Crippen molar-refractivity contribution in [3.05, 3.63) is 113 Å². The number of esters is 1. The summed E-state index contributed by atoms with van der Waals surface area (Å²) in [4.78, 5) is 27.6. The number of rotatable bonds is 12. The SMILES string of the molecule is COC(=O)c1ccccc1Oc1ccc(CN(CCCc2ccccc2)C(=O)c2cc(OC)c(O)c(OC)c2)cc1. The highest BCUT2D eigenvalue weighted by molar-refractivity contribution is 5.95. The highest BCUT2D eigenvalue weighted by Crippen LogP contribution is 2.37. The normalized spacial score (nSPS) is 10.5. The summed E-state index contributed by atoms with van der Waals surface area (Å²) in [6, 6.07) is 27.4. The van der Waals surface area contributed by atoms with Crippen LogP contribution in [0, 0.1) is 0 Å². The summed E-state index contributed by atoms with van der Waals surface area (Å²) in [5.74, 6) is 0.384. The van der Waals surface area contributed by atoms with E-state index >= 15 is 0 Å². The van der Waals surface area contributed by atoms with Gasteiger partial charge in [0.15, 0.2) is 11.5 Å². The number of ether oxygens (including phenoxy) is 4. The van der Waals surface area contributed by atoms with Gasteiger partial charge in [-0.2, -0.15) is 0 Å². The van der Waals surface area contributed by atoms with Crippen molar-refractivity contribution in [2.45, 2.75) is 19.4 Å². The van der Waals surface area contributed by atoms with E-state index in [1.165, 1.54) is 39.0 Å². The summed E-state index contributed by atoms with van der Waals surface area (Å²) >= 11 is 0. The van der Waals surface area contributed by atoms with Crippen LogP contribution in [-0.4, -0.2) is 49.8 Å². The maximum Gasteiger partial charge on any atom is 0.341 e. The van der Waals surface area contributed by atoms with E-state index in [9.17, 15) is 14.7 Å². The van der Waals surface area contributed by atoms with Gasteiger partial charge in [-0.3, -0.25) is 4.79 Å². The van der Waals surface area contributed by atoms with Gasteiger partial charge in [-0.25, -0.2) is 4.79 Å². The quantitative estimate of drug-likeness (QED) is 0.206. The van der Waals surface area contributed by atoms with E-state index < -0.39 is 5.97 Å². The average molecular weight is 556 g/mol. The Morgan fingerprint density at radius 2 is 1.39 bits per heavy atom. The summed E-state index contributed by atoms with van der Waals surface area (Å²) in [7, 11) is 4.17. The van der Waals surface area contributed by atoms with E-state index in [-0.39, 0.29) is 23.2 Å². The zero-order valence-electron chi connectivity index (χ0n) is 23.3. The summed E-state index contributed by atoms with van der Waals surface area (Å²) in [6.07, 6.45) is 1.58. The molecule has 0 radical (unpaired) electrons. The molecule has 0 spiro atoms. The Balaban J connectivity index is 1.54. The molecule has 4 rings (SSSR count). The van der Waals surface area contributed by atoms with Crippen molar-refractivity contribution in [3.8, 4) is 28.7 Å². The second-order valence-corrected chi connectivity index (χ2v) is 9.28. The third-order valence-corrected chi connectivity index (χ3v) is 6.57. The minimum atomic E-state index is -0.482. The second-order valence-electron chi connectivity index (χ2n) is 9.28. The van der Waals surface area contributed by atoms with Gasteiger partial charge in [0.2, 0.25) is 5.75 Å². The lowest BCUT2D eigenvalue weighted by atomic mass is 10.1. The van der Waals surface area contributed by atoms with E-state index in [1.54, 1.807) is 41.3 Å². The molecule has 0 atom stereocenters. The van der Waals surface area contributed by atoms with Crippen LogP contribution in [0.4, 0.5) is 0 Å². The van der Waals surface area contributed by atoms with Gasteiger partial charge in [0.25, 0.3) is 5.91 Å². The number of methoxy groups -OCH3 is 3. The van der Waals surface area contributed by atoms with Crippen LogP contribution in [0.5, 0.6) is 28.7 Å². The molecule has 4 aromatic rings. The standard InChI is InChI=1S/C33H33NO7/c1-38-29-20-25(21-30(39-2)31(29)35)32(36)34(19-9-12-23-10-5-4-6-11-23)22-24-15-17-26(18-16-24)41-28-14-8-7-13-27(28)33(37)40-3/h4-8,10-11,13-18,20-21,35H,9,12,19,22H2,1-3H3. The van der Waals surface area contributed by atoms with Crippen molar-refractivity contribution >= 4 is 11.9 Å². The van der Waals surface area contributed by atoms with Gasteiger partial charge in [0.05, 0.1) is 21.3 Å². The van der Waals surface area contributed by atoms with Gasteiger partial charge in [0, 0.05) is 18.7 Å². The van der Waals surface area contributed by atoms with Crippen molar-refractivity contribution < 1.29 is 33.6 Å². The summed E-state index contributed by atoms with van der Waals surface area (Å²) in [5.41, 5.74) is 2.76. The summed E-state index contributed by atoms with van der Waals surface area (Å²) in [6.45, 7) is 0.849. The van der Waals surface area contributed by atoms with Gasteiger partial charge in [-0.05, 0) is 60.4 Å². The molecule has 0 heterocycles. The topological polar surface area (TPSA) is 94.5 Å². The minimum absolute atomic E-state index is 0.158. The first-order valence-electron chi connectivity index (χ1n) is 13.2. The fourth-order valence-corrected chi connectivity index (χ4v) is 4.42. The van der Waals surface area contributed by atoms with Crippen molar-refractivity contribution in [2.75, 3.05) is 27.9 Å². The van der Waals surface area contributed by atoms with Crippen LogP contribution >= 0.6 is 0 Å². The van der Waals surface area contributed by atoms with Crippen molar-refractivity contribution in [3.63, 3.8) is 0 Å². The monoisotopic (exact) mass is 555 g/mol. The number of aryl methyl sites for hydroxylation is 1. The zero-order valence-corrected chi connectivity index (χ0v) is 23.3. The molecule has 0 saturated carbocycles. The van der Waals surface area contributed by atoms with Crippen LogP contribution in [0.1, 0.15) is 38.3 Å². The molecule has 41 heavy (non-hydrogen) atoms. The highest BCUT2D eigenvalue weighted by Gasteiger charge is 2.21. The Morgan fingerprint density at radius 3 is 2.02 bits per heavy atom. The lowest BCUT2D eigenvalue weighted by molar-refractivity contribution is 0.0597. The van der Waals surface area contributed by atoms with Gasteiger partial charge in [-0.15, -0.1) is 0 Å². The molecule has 0 aliphatic carbocycles. The molecule has 212 valence electrons. The molecule has 0 fully saturated rings. The Kier molecular flexibility index (Phi) is 9.83. The molecule has 0 bridgehead atoms. The summed E-state index contributed by atoms with van der Waals surface area (Å²) in [5, 5.41) is 10.3. The van der Waals surface area contributed by atoms with E-state index in [0.29, 0.717) is 35.7 Å². The maximum atomic E-state index is 13.7. The van der Waals surface area contributed by atoms with E-state index in [0.717, 1.165) is 18.4 Å². The fraction of sp³-hybridized carbons (Fsp3) is 0.212. The smallest absolute Gasteiger partial charge is 0.341 e. The molecule has 4 aromatic carbocycles. The Labute approximate surface area is 239 Å². The first-order valence-corrected chi connectivity index (χ1v) is 13.2. The molecule has 1 N–H and O–H groups in total.